The first-order valence-electron chi connectivity index (χ1n) is 6.57. The summed E-state index contributed by atoms with van der Waals surface area (Å²) >= 11 is 0. The number of nitrogens with one attached hydrogen (secondary N) is 1. The summed E-state index contributed by atoms with van der Waals surface area (Å²) in [6, 6.07) is 3.84. The molecule has 10 heteroatoms. The number of carbonyl (C=O) groups is 2. The number of sulfonamides is 1. The average molecular weight is 345 g/mol. The van der Waals surface area contributed by atoms with Gasteiger partial charge in [0.25, 0.3) is 5.91 Å². The highest BCUT2D eigenvalue weighted by atomic mass is 32.2. The molecular formula is C13H19N3O6S. The lowest BCUT2D eigenvalue weighted by Gasteiger charge is -2.15. The van der Waals surface area contributed by atoms with Crippen LogP contribution in [0.3, 0.4) is 0 Å². The number of rotatable bonds is 8. The van der Waals surface area contributed by atoms with Gasteiger partial charge in [-0.1, -0.05) is 0 Å². The van der Waals surface area contributed by atoms with Crippen molar-refractivity contribution in [3.8, 4) is 0 Å². The van der Waals surface area contributed by atoms with Crippen LogP contribution in [0.15, 0.2) is 23.1 Å². The van der Waals surface area contributed by atoms with Gasteiger partial charge in [-0.25, -0.2) is 17.5 Å². The van der Waals surface area contributed by atoms with E-state index in [1.807, 2.05) is 0 Å². The van der Waals surface area contributed by atoms with Crippen LogP contribution in [0.5, 0.6) is 0 Å². The van der Waals surface area contributed by atoms with E-state index in [0.29, 0.717) is 0 Å². The second-order valence-electron chi connectivity index (χ2n) is 4.69. The maximum atomic E-state index is 12.1. The summed E-state index contributed by atoms with van der Waals surface area (Å²) in [4.78, 5) is 22.6. The second-order valence-corrected chi connectivity index (χ2v) is 6.84. The number of carbonyl (C=O) groups excluding carboxylic acids is 2. The van der Waals surface area contributed by atoms with E-state index < -0.39 is 28.5 Å². The van der Waals surface area contributed by atoms with Crippen molar-refractivity contribution < 1.29 is 27.9 Å². The third-order valence-electron chi connectivity index (χ3n) is 2.76. The number of nitrogens with two attached hydrogens (primary N) is 1. The molecule has 1 amide bonds. The number of ether oxygens (including phenoxy) is 1. The van der Waals surface area contributed by atoms with Crippen LogP contribution < -0.4 is 11.1 Å². The lowest BCUT2D eigenvalue weighted by atomic mass is 10.2. The summed E-state index contributed by atoms with van der Waals surface area (Å²) in [5.41, 5.74) is 5.10. The number of nitrogens with zero attached hydrogens (tertiary/aromatic N) is 1. The minimum absolute atomic E-state index is 0.0809. The Morgan fingerprint density at radius 3 is 2.52 bits per heavy atom. The van der Waals surface area contributed by atoms with Gasteiger partial charge >= 0.3 is 5.97 Å². The van der Waals surface area contributed by atoms with Gasteiger partial charge in [0.1, 0.15) is 0 Å². The number of aliphatic hydroxyl groups excluding tert-OH is 1. The molecule has 0 saturated carbocycles. The third-order valence-corrected chi connectivity index (χ3v) is 4.57. The minimum atomic E-state index is -3.74. The van der Waals surface area contributed by atoms with Gasteiger partial charge in [0, 0.05) is 26.3 Å². The van der Waals surface area contributed by atoms with Crippen molar-refractivity contribution in [1.82, 2.24) is 4.31 Å². The summed E-state index contributed by atoms with van der Waals surface area (Å²) in [6.07, 6.45) is 0. The predicted octanol–water partition coefficient (Wildman–Crippen LogP) is -1.02. The molecule has 1 aromatic rings. The zero-order valence-electron chi connectivity index (χ0n) is 12.8. The Morgan fingerprint density at radius 1 is 1.35 bits per heavy atom. The molecule has 0 bridgehead atoms. The van der Waals surface area contributed by atoms with Crippen LogP contribution in [0, 0.1) is 0 Å². The highest BCUT2D eigenvalue weighted by Gasteiger charge is 2.22. The highest BCUT2D eigenvalue weighted by molar-refractivity contribution is 7.89. The maximum absolute atomic E-state index is 12.1. The molecule has 0 aromatic heterocycles. The molecule has 9 nitrogen and oxygen atoms in total. The Balaban J connectivity index is 3.25. The Morgan fingerprint density at radius 2 is 2.00 bits per heavy atom. The van der Waals surface area contributed by atoms with Crippen molar-refractivity contribution in [1.29, 1.82) is 0 Å². The molecule has 4 N–H and O–H groups in total. The van der Waals surface area contributed by atoms with E-state index in [1.54, 1.807) is 0 Å². The number of primary amides is 1. The molecule has 0 aliphatic carbocycles. The topological polar surface area (TPSA) is 139 Å². The maximum Gasteiger partial charge on any atom is 0.340 e. The molecule has 1 aromatic carbocycles. The monoisotopic (exact) mass is 345 g/mol. The fourth-order valence-corrected chi connectivity index (χ4v) is 2.55. The van der Waals surface area contributed by atoms with Crippen molar-refractivity contribution >= 4 is 27.6 Å². The highest BCUT2D eigenvalue weighted by Crippen LogP contribution is 2.23. The van der Waals surface area contributed by atoms with E-state index in [2.05, 4.69) is 5.32 Å². The molecule has 0 aliphatic heterocycles. The van der Waals surface area contributed by atoms with Crippen molar-refractivity contribution in [2.45, 2.75) is 4.90 Å². The lowest BCUT2D eigenvalue weighted by Crippen LogP contribution is -2.24. The molecule has 128 valence electrons. The van der Waals surface area contributed by atoms with Crippen molar-refractivity contribution in [2.75, 3.05) is 39.2 Å². The van der Waals surface area contributed by atoms with Gasteiger partial charge in [-0.2, -0.15) is 0 Å². The van der Waals surface area contributed by atoms with Gasteiger partial charge in [-0.3, -0.25) is 4.79 Å². The van der Waals surface area contributed by atoms with Crippen molar-refractivity contribution in [2.24, 2.45) is 5.73 Å². The molecule has 23 heavy (non-hydrogen) atoms. The van der Waals surface area contributed by atoms with E-state index in [0.717, 1.165) is 10.4 Å². The molecule has 1 rings (SSSR count). The Labute approximate surface area is 134 Å². The molecule has 0 aliphatic rings. The van der Waals surface area contributed by atoms with E-state index in [4.69, 9.17) is 15.6 Å². The van der Waals surface area contributed by atoms with Crippen LogP contribution in [-0.4, -0.2) is 63.6 Å². The standard InChI is InChI=1S/C13H19N3O6S/c1-16(2)23(20,21)9-3-4-11(15-5-6-17)10(7-9)13(19)22-8-12(14)18/h3-4,7,15,17H,5-6,8H2,1-2H3,(H2,14,18). The molecule has 0 atom stereocenters. The number of aliphatic hydroxyl groups is 1. The number of benzene rings is 1. The largest absolute Gasteiger partial charge is 0.452 e. The predicted molar refractivity (Wildman–Crippen MR) is 82.4 cm³/mol. The number of esters is 1. The minimum Gasteiger partial charge on any atom is -0.452 e. The smallest absolute Gasteiger partial charge is 0.340 e. The van der Waals surface area contributed by atoms with Crippen LogP contribution in [0.4, 0.5) is 5.69 Å². The number of anilines is 1. The molecule has 0 unspecified atom stereocenters. The average Bonchev–Trinajstić information content (AvgIpc) is 2.50. The van der Waals surface area contributed by atoms with Gasteiger partial charge in [-0.15, -0.1) is 0 Å². The van der Waals surface area contributed by atoms with Crippen LogP contribution >= 0.6 is 0 Å². The Hall–Kier alpha value is -2.17. The van der Waals surface area contributed by atoms with Crippen molar-refractivity contribution in [3.05, 3.63) is 23.8 Å². The van der Waals surface area contributed by atoms with Crippen molar-refractivity contribution in [3.63, 3.8) is 0 Å². The second kappa shape index (κ2) is 7.90. The van der Waals surface area contributed by atoms with Crippen LogP contribution in [-0.2, 0) is 19.6 Å². The van der Waals surface area contributed by atoms with E-state index >= 15 is 0 Å². The zero-order chi connectivity index (χ0) is 17.6. The van der Waals surface area contributed by atoms with E-state index in [9.17, 15) is 18.0 Å². The van der Waals surface area contributed by atoms with Gasteiger partial charge in [0.2, 0.25) is 10.0 Å². The van der Waals surface area contributed by atoms with Gasteiger partial charge < -0.3 is 20.9 Å². The third kappa shape index (κ3) is 4.91. The summed E-state index contributed by atoms with van der Waals surface area (Å²) in [7, 11) is -1.03. The van der Waals surface area contributed by atoms with E-state index in [-0.39, 0.29) is 29.3 Å². The fourth-order valence-electron chi connectivity index (χ4n) is 1.62. The molecule has 0 heterocycles. The Kier molecular flexibility index (Phi) is 6.49. The SMILES string of the molecule is CN(C)S(=O)(=O)c1ccc(NCCO)c(C(=O)OCC(N)=O)c1. The van der Waals surface area contributed by atoms with Gasteiger partial charge in [0.05, 0.1) is 17.1 Å². The summed E-state index contributed by atoms with van der Waals surface area (Å²) in [5, 5.41) is 11.6. The fraction of sp³-hybridized carbons (Fsp3) is 0.385. The van der Waals surface area contributed by atoms with Gasteiger partial charge in [-0.05, 0) is 18.2 Å². The molecular weight excluding hydrogens is 326 g/mol. The van der Waals surface area contributed by atoms with E-state index in [1.165, 1.54) is 26.2 Å². The van der Waals surface area contributed by atoms with Crippen LogP contribution in [0.25, 0.3) is 0 Å². The first kappa shape index (κ1) is 18.9. The number of hydrogen-bond donors (Lipinski definition) is 3. The summed E-state index contributed by atoms with van der Waals surface area (Å²) in [5.74, 6) is -1.74. The number of amides is 1. The molecule has 0 fully saturated rings. The normalized spacial score (nSPS) is 11.3. The first-order chi connectivity index (χ1) is 10.7. The summed E-state index contributed by atoms with van der Waals surface area (Å²) < 4.78 is 30.0. The summed E-state index contributed by atoms with van der Waals surface area (Å²) in [6.45, 7) is -0.660. The van der Waals surface area contributed by atoms with Gasteiger partial charge in [0.15, 0.2) is 6.61 Å². The van der Waals surface area contributed by atoms with Crippen LogP contribution in [0.1, 0.15) is 10.4 Å². The lowest BCUT2D eigenvalue weighted by molar-refractivity contribution is -0.121. The van der Waals surface area contributed by atoms with Crippen LogP contribution in [0.2, 0.25) is 0 Å². The Bertz CT molecular complexity index is 687. The number of hydrogen-bond acceptors (Lipinski definition) is 7. The quantitative estimate of drug-likeness (QED) is 0.513. The molecule has 0 spiro atoms. The first-order valence-corrected chi connectivity index (χ1v) is 8.01. The molecule has 0 saturated heterocycles. The molecule has 0 radical (unpaired) electrons. The zero-order valence-corrected chi connectivity index (χ0v) is 13.6.